The van der Waals surface area contributed by atoms with E-state index >= 15 is 0 Å². The highest BCUT2D eigenvalue weighted by atomic mass is 79.9. The number of ether oxygens (including phenoxy) is 1. The van der Waals surface area contributed by atoms with E-state index < -0.39 is 0 Å². The number of ketones is 1. The average molecular weight is 621 g/mol. The summed E-state index contributed by atoms with van der Waals surface area (Å²) in [5, 5.41) is 3.31. The van der Waals surface area contributed by atoms with Crippen molar-refractivity contribution in [2.75, 3.05) is 0 Å². The molecule has 1 N–H and O–H groups in total. The van der Waals surface area contributed by atoms with Gasteiger partial charge in [-0.25, -0.2) is 0 Å². The number of carbonyl (C=O) groups excluding carboxylic acids is 3. The Morgan fingerprint density at radius 1 is 1.15 bits per heavy atom. The van der Waals surface area contributed by atoms with E-state index in [4.69, 9.17) is 4.74 Å². The lowest BCUT2D eigenvalue weighted by Gasteiger charge is -2.62. The first-order valence-corrected chi connectivity index (χ1v) is 16.8. The molecule has 4 saturated carbocycles. The number of carbonyl (C=O) groups is 3. The maximum atomic E-state index is 13.2. The van der Waals surface area contributed by atoms with Gasteiger partial charge in [0, 0.05) is 37.0 Å². The third-order valence-corrected chi connectivity index (χ3v) is 13.5. The Bertz CT molecular complexity index is 1100. The van der Waals surface area contributed by atoms with E-state index in [0.29, 0.717) is 60.6 Å². The van der Waals surface area contributed by atoms with Gasteiger partial charge < -0.3 is 10.1 Å². The maximum absolute atomic E-state index is 13.2. The molecule has 39 heavy (non-hydrogen) atoms. The Kier molecular flexibility index (Phi) is 8.43. The summed E-state index contributed by atoms with van der Waals surface area (Å²) < 4.78 is 7.18. The summed E-state index contributed by atoms with van der Waals surface area (Å²) >= 11 is 5.24. The van der Waals surface area contributed by atoms with Gasteiger partial charge in [-0.1, -0.05) is 27.7 Å². The summed E-state index contributed by atoms with van der Waals surface area (Å²) in [7, 11) is 0. The summed E-state index contributed by atoms with van der Waals surface area (Å²) in [5.74, 6) is 2.80. The molecule has 216 valence electrons. The van der Waals surface area contributed by atoms with Gasteiger partial charge >= 0.3 is 5.97 Å². The van der Waals surface area contributed by atoms with E-state index in [2.05, 4.69) is 61.1 Å². The summed E-state index contributed by atoms with van der Waals surface area (Å²) in [5.41, 5.74) is 0.307. The summed E-state index contributed by atoms with van der Waals surface area (Å²) in [6, 6.07) is 4.21. The minimum atomic E-state index is -0.195. The predicted molar refractivity (Wildman–Crippen MR) is 158 cm³/mol. The molecule has 4 fully saturated rings. The molecule has 4 aliphatic carbocycles. The van der Waals surface area contributed by atoms with Crippen molar-refractivity contribution in [3.8, 4) is 0 Å². The minimum Gasteiger partial charge on any atom is -0.462 e. The van der Waals surface area contributed by atoms with Gasteiger partial charge in [0.1, 0.15) is 11.9 Å². The number of hydrogen-bond donors (Lipinski definition) is 1. The van der Waals surface area contributed by atoms with Crippen LogP contribution in [0.4, 0.5) is 0 Å². The Hall–Kier alpha value is -1.21. The van der Waals surface area contributed by atoms with Crippen molar-refractivity contribution < 1.29 is 19.1 Å². The molecule has 0 saturated heterocycles. The van der Waals surface area contributed by atoms with Gasteiger partial charge in [0.2, 0.25) is 5.91 Å². The van der Waals surface area contributed by atoms with E-state index in [0.717, 1.165) is 42.3 Å². The van der Waals surface area contributed by atoms with E-state index in [-0.39, 0.29) is 34.9 Å². The highest BCUT2D eigenvalue weighted by Gasteiger charge is 2.63. The third kappa shape index (κ3) is 5.40. The second kappa shape index (κ2) is 11.2. The van der Waals surface area contributed by atoms with Crippen molar-refractivity contribution in [2.24, 2.45) is 46.3 Å². The van der Waals surface area contributed by atoms with Crippen molar-refractivity contribution in [1.29, 1.82) is 0 Å². The predicted octanol–water partition coefficient (Wildman–Crippen LogP) is 7.87. The van der Waals surface area contributed by atoms with Crippen LogP contribution in [0.15, 0.2) is 15.9 Å². The number of fused-ring (bicyclic) bond motifs is 5. The van der Waals surface area contributed by atoms with E-state index in [1.54, 1.807) is 11.3 Å². The molecule has 1 aromatic heterocycles. The number of rotatable bonds is 7. The first-order valence-electron chi connectivity index (χ1n) is 15.2. The van der Waals surface area contributed by atoms with Crippen LogP contribution in [0.3, 0.4) is 0 Å². The van der Waals surface area contributed by atoms with Crippen LogP contribution in [0.25, 0.3) is 0 Å². The molecule has 10 atom stereocenters. The molecule has 5 nitrogen and oxygen atoms in total. The second-order valence-corrected chi connectivity index (χ2v) is 16.2. The van der Waals surface area contributed by atoms with E-state index in [9.17, 15) is 14.4 Å². The average Bonchev–Trinajstić information content (AvgIpc) is 3.46. The van der Waals surface area contributed by atoms with Gasteiger partial charge in [-0.05, 0) is 113 Å². The fourth-order valence-electron chi connectivity index (χ4n) is 9.88. The number of thiophene rings is 1. The lowest BCUT2D eigenvalue weighted by Crippen LogP contribution is -2.59. The van der Waals surface area contributed by atoms with Gasteiger partial charge in [0.15, 0.2) is 0 Å². The molecule has 1 amide bonds. The zero-order valence-electron chi connectivity index (χ0n) is 24.3. The van der Waals surface area contributed by atoms with Crippen LogP contribution in [0, 0.1) is 46.3 Å². The largest absolute Gasteiger partial charge is 0.462 e. The normalized spacial score (nSPS) is 39.2. The van der Waals surface area contributed by atoms with Crippen LogP contribution in [0.5, 0.6) is 0 Å². The van der Waals surface area contributed by atoms with Crippen molar-refractivity contribution in [2.45, 2.75) is 111 Å². The highest BCUT2D eigenvalue weighted by molar-refractivity contribution is 9.11. The summed E-state index contributed by atoms with van der Waals surface area (Å²) in [6.45, 7) is 10.8. The first kappa shape index (κ1) is 29.3. The van der Waals surface area contributed by atoms with Gasteiger partial charge in [0.25, 0.3) is 0 Å². The number of halogens is 1. The van der Waals surface area contributed by atoms with Gasteiger partial charge in [0.05, 0.1) is 9.83 Å². The molecule has 0 spiro atoms. The highest BCUT2D eigenvalue weighted by Crippen LogP contribution is 2.68. The molecule has 1 heterocycles. The molecule has 0 aliphatic heterocycles. The van der Waals surface area contributed by atoms with Crippen molar-refractivity contribution >= 4 is 44.9 Å². The molecule has 0 aromatic carbocycles. The summed E-state index contributed by atoms with van der Waals surface area (Å²) in [4.78, 5) is 39.1. The topological polar surface area (TPSA) is 72.5 Å². The first-order chi connectivity index (χ1) is 18.5. The molecule has 7 heteroatoms. The van der Waals surface area contributed by atoms with E-state index in [1.807, 2.05) is 0 Å². The maximum Gasteiger partial charge on any atom is 0.302 e. The van der Waals surface area contributed by atoms with Crippen molar-refractivity contribution in [3.63, 3.8) is 0 Å². The quantitative estimate of drug-likeness (QED) is 0.315. The molecule has 4 aliphatic rings. The fraction of sp³-hybridized carbons (Fsp3) is 0.781. The monoisotopic (exact) mass is 619 g/mol. The van der Waals surface area contributed by atoms with Crippen LogP contribution in [-0.2, 0) is 19.1 Å². The standard InChI is InChI=1S/C32H46BrNO4S/c1-6-25(27-9-10-28(33)39-27)34-29(37)15-18(2)22-7-8-23-30-24(12-14-32(22,23)5)31(4)13-11-21(36)16-20(31)17-26(30)38-19(3)35/h9-10,18,20,22-26,30H,6-8,11-17H2,1-5H3,(H,34,37)/t18-,20?,22?,23+,24+,25?,26-,30?,31?,32?/m1/s1. The number of esters is 1. The van der Waals surface area contributed by atoms with Crippen LogP contribution >= 0.6 is 27.3 Å². The smallest absolute Gasteiger partial charge is 0.302 e. The lowest BCUT2D eigenvalue weighted by molar-refractivity contribution is -0.189. The Labute approximate surface area is 246 Å². The Balaban J connectivity index is 1.32. The van der Waals surface area contributed by atoms with Crippen molar-refractivity contribution in [3.05, 3.63) is 20.8 Å². The molecule has 5 rings (SSSR count). The van der Waals surface area contributed by atoms with Gasteiger partial charge in [-0.3, -0.25) is 14.4 Å². The molecule has 0 radical (unpaired) electrons. The molecular weight excluding hydrogens is 574 g/mol. The van der Waals surface area contributed by atoms with Gasteiger partial charge in [-0.15, -0.1) is 11.3 Å². The zero-order chi connectivity index (χ0) is 28.1. The lowest BCUT2D eigenvalue weighted by atomic mass is 9.43. The number of hydrogen-bond acceptors (Lipinski definition) is 5. The zero-order valence-corrected chi connectivity index (χ0v) is 26.7. The molecule has 6 unspecified atom stereocenters. The van der Waals surface area contributed by atoms with Crippen LogP contribution in [-0.4, -0.2) is 23.8 Å². The van der Waals surface area contributed by atoms with Crippen LogP contribution < -0.4 is 5.32 Å². The van der Waals surface area contributed by atoms with Crippen molar-refractivity contribution in [1.82, 2.24) is 5.32 Å². The van der Waals surface area contributed by atoms with Crippen LogP contribution in [0.2, 0.25) is 0 Å². The molecule has 1 aromatic rings. The third-order valence-electron chi connectivity index (χ3n) is 11.7. The summed E-state index contributed by atoms with van der Waals surface area (Å²) in [6.07, 6.45) is 9.09. The number of amides is 1. The fourth-order valence-corrected chi connectivity index (χ4v) is 11.4. The van der Waals surface area contributed by atoms with Crippen LogP contribution in [0.1, 0.15) is 110 Å². The SMILES string of the molecule is CCC(NC(=O)C[C@@H](C)C1CC[C@H]2C3[C@H](OC(C)=O)CC4CC(=O)CCC4(C)[C@H]3CCC12C)c1ccc(Br)s1. The van der Waals surface area contributed by atoms with E-state index in [1.165, 1.54) is 18.2 Å². The molecule has 0 bridgehead atoms. The van der Waals surface area contributed by atoms with Gasteiger partial charge in [-0.2, -0.15) is 0 Å². The Morgan fingerprint density at radius 3 is 2.56 bits per heavy atom. The number of nitrogens with one attached hydrogen (secondary N) is 1. The Morgan fingerprint density at radius 2 is 1.90 bits per heavy atom. The number of Topliss-reactive ketones (excluding diaryl/α,β-unsaturated/α-hetero) is 1. The second-order valence-electron chi connectivity index (χ2n) is 13.7. The molecular formula is C32H46BrNO4S. The minimum absolute atomic E-state index is 0.0612.